The lowest BCUT2D eigenvalue weighted by atomic mass is 10.2. The van der Waals surface area contributed by atoms with Gasteiger partial charge in [-0.2, -0.15) is 0 Å². The van der Waals surface area contributed by atoms with Gasteiger partial charge < -0.3 is 9.30 Å². The third-order valence-corrected chi connectivity index (χ3v) is 4.18. The second-order valence-electron chi connectivity index (χ2n) is 4.49. The molecule has 1 aromatic carbocycles. The third kappa shape index (κ3) is 2.95. The van der Waals surface area contributed by atoms with Gasteiger partial charge in [0.2, 0.25) is 0 Å². The SMILES string of the molecule is CCCn1cc(SC(C)C(=O)OC)c2ccccc21. The molecule has 0 saturated carbocycles. The van der Waals surface area contributed by atoms with Crippen LogP contribution in [0.25, 0.3) is 10.9 Å². The van der Waals surface area contributed by atoms with E-state index in [0.717, 1.165) is 17.9 Å². The van der Waals surface area contributed by atoms with Crippen LogP contribution in [0.5, 0.6) is 0 Å². The Morgan fingerprint density at radius 1 is 1.42 bits per heavy atom. The molecule has 0 amide bonds. The predicted molar refractivity (Wildman–Crippen MR) is 79.6 cm³/mol. The van der Waals surface area contributed by atoms with Crippen LogP contribution in [0.15, 0.2) is 35.4 Å². The second kappa shape index (κ2) is 6.15. The van der Waals surface area contributed by atoms with Crippen LogP contribution in [0.3, 0.4) is 0 Å². The Morgan fingerprint density at radius 2 is 2.16 bits per heavy atom. The molecule has 2 aromatic rings. The van der Waals surface area contributed by atoms with Crippen molar-refractivity contribution < 1.29 is 9.53 Å². The van der Waals surface area contributed by atoms with Crippen molar-refractivity contribution in [1.82, 2.24) is 4.57 Å². The maximum Gasteiger partial charge on any atom is 0.318 e. The van der Waals surface area contributed by atoms with Crippen LogP contribution in [0, 0.1) is 0 Å². The molecule has 1 atom stereocenters. The molecule has 1 aromatic heterocycles. The number of methoxy groups -OCH3 is 1. The van der Waals surface area contributed by atoms with Crippen molar-refractivity contribution in [3.8, 4) is 0 Å². The maximum atomic E-state index is 11.5. The number of para-hydroxylation sites is 1. The van der Waals surface area contributed by atoms with E-state index < -0.39 is 0 Å². The van der Waals surface area contributed by atoms with Gasteiger partial charge in [0.25, 0.3) is 0 Å². The van der Waals surface area contributed by atoms with E-state index in [1.807, 2.05) is 19.1 Å². The van der Waals surface area contributed by atoms with E-state index in [2.05, 4.69) is 29.8 Å². The number of ether oxygens (including phenoxy) is 1. The molecule has 0 radical (unpaired) electrons. The van der Waals surface area contributed by atoms with Gasteiger partial charge in [-0.15, -0.1) is 11.8 Å². The molecule has 1 unspecified atom stereocenters. The lowest BCUT2D eigenvalue weighted by molar-refractivity contribution is -0.139. The van der Waals surface area contributed by atoms with Gasteiger partial charge in [-0.3, -0.25) is 4.79 Å². The number of carbonyl (C=O) groups is 1. The number of hydrogen-bond donors (Lipinski definition) is 0. The fraction of sp³-hybridized carbons (Fsp3) is 0.400. The zero-order chi connectivity index (χ0) is 13.8. The van der Waals surface area contributed by atoms with Crippen LogP contribution in [0.1, 0.15) is 20.3 Å². The first kappa shape index (κ1) is 14.0. The van der Waals surface area contributed by atoms with Gasteiger partial charge in [0.15, 0.2) is 0 Å². The number of benzene rings is 1. The average Bonchev–Trinajstić information content (AvgIpc) is 2.77. The first-order valence-electron chi connectivity index (χ1n) is 6.49. The molecule has 102 valence electrons. The molecular weight excluding hydrogens is 258 g/mol. The van der Waals surface area contributed by atoms with Crippen LogP contribution in [-0.4, -0.2) is 22.9 Å². The average molecular weight is 277 g/mol. The normalized spacial score (nSPS) is 12.6. The fourth-order valence-electron chi connectivity index (χ4n) is 2.14. The molecule has 0 N–H and O–H groups in total. The summed E-state index contributed by atoms with van der Waals surface area (Å²) < 4.78 is 7.04. The number of esters is 1. The molecular formula is C15H19NO2S. The van der Waals surface area contributed by atoms with Crippen molar-refractivity contribution in [2.45, 2.75) is 37.0 Å². The molecule has 19 heavy (non-hydrogen) atoms. The highest BCUT2D eigenvalue weighted by Gasteiger charge is 2.17. The van der Waals surface area contributed by atoms with Crippen molar-refractivity contribution in [1.29, 1.82) is 0 Å². The smallest absolute Gasteiger partial charge is 0.318 e. The van der Waals surface area contributed by atoms with Gasteiger partial charge in [-0.1, -0.05) is 25.1 Å². The van der Waals surface area contributed by atoms with Crippen LogP contribution >= 0.6 is 11.8 Å². The minimum Gasteiger partial charge on any atom is -0.468 e. The van der Waals surface area contributed by atoms with Crippen molar-refractivity contribution in [2.75, 3.05) is 7.11 Å². The number of aryl methyl sites for hydroxylation is 1. The summed E-state index contributed by atoms with van der Waals surface area (Å²) in [4.78, 5) is 12.7. The van der Waals surface area contributed by atoms with Crippen molar-refractivity contribution >= 4 is 28.6 Å². The van der Waals surface area contributed by atoms with Gasteiger partial charge in [-0.05, 0) is 19.4 Å². The van der Waals surface area contributed by atoms with E-state index >= 15 is 0 Å². The molecule has 0 saturated heterocycles. The quantitative estimate of drug-likeness (QED) is 0.617. The number of thioether (sulfide) groups is 1. The third-order valence-electron chi connectivity index (χ3n) is 3.05. The summed E-state index contributed by atoms with van der Waals surface area (Å²) in [5.41, 5.74) is 1.23. The van der Waals surface area contributed by atoms with Crippen LogP contribution in [0.2, 0.25) is 0 Å². The molecule has 1 heterocycles. The van der Waals surface area contributed by atoms with E-state index in [0.29, 0.717) is 0 Å². The molecule has 0 bridgehead atoms. The summed E-state index contributed by atoms with van der Waals surface area (Å²) in [5, 5.41) is 1.02. The van der Waals surface area contributed by atoms with Crippen LogP contribution < -0.4 is 0 Å². The first-order chi connectivity index (χ1) is 9.17. The van der Waals surface area contributed by atoms with Gasteiger partial charge >= 0.3 is 5.97 Å². The molecule has 0 aliphatic rings. The molecule has 2 rings (SSSR count). The molecule has 3 nitrogen and oxygen atoms in total. The summed E-state index contributed by atoms with van der Waals surface area (Å²) in [7, 11) is 1.43. The minimum atomic E-state index is -0.189. The van der Waals surface area contributed by atoms with E-state index in [4.69, 9.17) is 4.74 Å². The van der Waals surface area contributed by atoms with Crippen molar-refractivity contribution in [2.24, 2.45) is 0 Å². The summed E-state index contributed by atoms with van der Waals surface area (Å²) >= 11 is 1.56. The van der Waals surface area contributed by atoms with Crippen LogP contribution in [0.4, 0.5) is 0 Å². The Hall–Kier alpha value is -1.42. The second-order valence-corrected chi connectivity index (χ2v) is 5.87. The first-order valence-corrected chi connectivity index (χ1v) is 7.37. The van der Waals surface area contributed by atoms with E-state index in [9.17, 15) is 4.79 Å². The number of nitrogens with zero attached hydrogens (tertiary/aromatic N) is 1. The maximum absolute atomic E-state index is 11.5. The number of hydrogen-bond acceptors (Lipinski definition) is 3. The van der Waals surface area contributed by atoms with Crippen LogP contribution in [-0.2, 0) is 16.1 Å². The van der Waals surface area contributed by atoms with E-state index in [1.54, 1.807) is 11.8 Å². The highest BCUT2D eigenvalue weighted by atomic mass is 32.2. The van der Waals surface area contributed by atoms with E-state index in [1.165, 1.54) is 18.0 Å². The highest BCUT2D eigenvalue weighted by Crippen LogP contribution is 2.33. The van der Waals surface area contributed by atoms with Crippen molar-refractivity contribution in [3.63, 3.8) is 0 Å². The number of fused-ring (bicyclic) bond motifs is 1. The van der Waals surface area contributed by atoms with Crippen molar-refractivity contribution in [3.05, 3.63) is 30.5 Å². The highest BCUT2D eigenvalue weighted by molar-refractivity contribution is 8.00. The van der Waals surface area contributed by atoms with Gasteiger partial charge in [-0.25, -0.2) is 0 Å². The Balaban J connectivity index is 2.35. The molecule has 0 spiro atoms. The Morgan fingerprint density at radius 3 is 2.84 bits per heavy atom. The molecule has 0 aliphatic heterocycles. The van der Waals surface area contributed by atoms with E-state index in [-0.39, 0.29) is 11.2 Å². The topological polar surface area (TPSA) is 31.2 Å². The van der Waals surface area contributed by atoms with Gasteiger partial charge in [0, 0.05) is 28.5 Å². The number of rotatable bonds is 5. The molecule has 0 fully saturated rings. The summed E-state index contributed by atoms with van der Waals surface area (Å²) in [6, 6.07) is 8.31. The Kier molecular flexibility index (Phi) is 4.53. The summed E-state index contributed by atoms with van der Waals surface area (Å²) in [5.74, 6) is -0.183. The lowest BCUT2D eigenvalue weighted by Crippen LogP contribution is -2.14. The number of aromatic nitrogens is 1. The summed E-state index contributed by atoms with van der Waals surface area (Å²) in [6.45, 7) is 5.04. The van der Waals surface area contributed by atoms with Gasteiger partial charge in [0.1, 0.15) is 5.25 Å². The minimum absolute atomic E-state index is 0.183. The largest absolute Gasteiger partial charge is 0.468 e. The Bertz CT molecular complexity index is 577. The standard InChI is InChI=1S/C15H19NO2S/c1-4-9-16-10-14(19-11(2)15(17)18-3)12-7-5-6-8-13(12)16/h5-8,10-11H,4,9H2,1-3H3. The zero-order valence-electron chi connectivity index (χ0n) is 11.6. The molecule has 4 heteroatoms. The van der Waals surface area contributed by atoms with Gasteiger partial charge in [0.05, 0.1) is 7.11 Å². The predicted octanol–water partition coefficient (Wildman–Crippen LogP) is 3.70. The molecule has 0 aliphatic carbocycles. The fourth-order valence-corrected chi connectivity index (χ4v) is 3.20. The number of carbonyl (C=O) groups excluding carboxylic acids is 1. The monoisotopic (exact) mass is 277 g/mol. The summed E-state index contributed by atoms with van der Waals surface area (Å²) in [6.07, 6.45) is 3.23. The zero-order valence-corrected chi connectivity index (χ0v) is 12.4. The Labute approximate surface area is 117 Å². The lowest BCUT2D eigenvalue weighted by Gasteiger charge is -2.07.